The molecule has 0 bridgehead atoms. The summed E-state index contributed by atoms with van der Waals surface area (Å²) >= 11 is 0. The number of esters is 2. The summed E-state index contributed by atoms with van der Waals surface area (Å²) in [5, 5.41) is 0. The normalized spacial score (nSPS) is 15.0. The SMILES string of the molecule is CCC=CC(C(=O)OCCC(F)(F)C(F)(F)C(F)(F)C(F)(F)F)C(=O)OCCC(F)(F)C(F)(F)C(F)(F)C(F)(F)F. The number of rotatable bonds is 14. The molecule has 22 heteroatoms. The third-order valence-corrected chi connectivity index (χ3v) is 4.81. The molecule has 0 saturated heterocycles. The molecule has 0 saturated carbocycles. The van der Waals surface area contributed by atoms with Gasteiger partial charge in [0.15, 0.2) is 5.92 Å². The molecule has 0 rings (SSSR count). The molecule has 0 aromatic carbocycles. The number of carbonyl (C=O) groups excluding carboxylic acids is 2. The van der Waals surface area contributed by atoms with Gasteiger partial charge in [-0.15, -0.1) is 0 Å². The lowest BCUT2D eigenvalue weighted by Gasteiger charge is -2.33. The van der Waals surface area contributed by atoms with E-state index in [1.165, 1.54) is 6.92 Å². The van der Waals surface area contributed by atoms with Crippen molar-refractivity contribution in [2.24, 2.45) is 5.92 Å². The average Bonchev–Trinajstić information content (AvgIpc) is 2.77. The van der Waals surface area contributed by atoms with Gasteiger partial charge in [-0.2, -0.15) is 79.0 Å². The molecule has 0 N–H and O–H groups in total. The van der Waals surface area contributed by atoms with Crippen molar-refractivity contribution in [2.75, 3.05) is 13.2 Å². The van der Waals surface area contributed by atoms with Crippen LogP contribution in [0.4, 0.5) is 79.0 Å². The molecule has 0 aliphatic heterocycles. The fraction of sp³-hybridized carbons (Fsp3) is 0.789. The molecular formula is C19H16F18O4. The summed E-state index contributed by atoms with van der Waals surface area (Å²) in [7, 11) is 0. The molecule has 0 aromatic rings. The smallest absolute Gasteiger partial charge is 0.460 e. The Kier molecular flexibility index (Phi) is 11.6. The first-order chi connectivity index (χ1) is 18.0. The first-order valence-corrected chi connectivity index (χ1v) is 10.4. The van der Waals surface area contributed by atoms with Gasteiger partial charge in [-0.05, 0) is 6.42 Å². The second-order valence-electron chi connectivity index (χ2n) is 7.85. The van der Waals surface area contributed by atoms with Crippen molar-refractivity contribution in [3.8, 4) is 0 Å². The highest BCUT2D eigenvalue weighted by Crippen LogP contribution is 2.55. The second-order valence-corrected chi connectivity index (χ2v) is 7.85. The molecule has 0 aromatic heterocycles. The molecule has 0 radical (unpaired) electrons. The van der Waals surface area contributed by atoms with E-state index < -0.39 is 91.8 Å². The van der Waals surface area contributed by atoms with Crippen molar-refractivity contribution in [3.05, 3.63) is 12.2 Å². The van der Waals surface area contributed by atoms with Crippen LogP contribution in [0.1, 0.15) is 26.2 Å². The van der Waals surface area contributed by atoms with E-state index in [2.05, 4.69) is 9.47 Å². The minimum Gasteiger partial charge on any atom is -0.465 e. The van der Waals surface area contributed by atoms with Crippen LogP contribution >= 0.6 is 0 Å². The molecule has 0 fully saturated rings. The molecule has 0 aliphatic rings. The van der Waals surface area contributed by atoms with Crippen molar-refractivity contribution in [3.63, 3.8) is 0 Å². The topological polar surface area (TPSA) is 52.6 Å². The van der Waals surface area contributed by atoms with Gasteiger partial charge in [0, 0.05) is 0 Å². The Morgan fingerprint density at radius 1 is 0.561 bits per heavy atom. The zero-order valence-electron chi connectivity index (χ0n) is 19.7. The number of hydrogen-bond donors (Lipinski definition) is 0. The highest BCUT2D eigenvalue weighted by atomic mass is 19.4. The molecule has 41 heavy (non-hydrogen) atoms. The molecule has 0 amide bonds. The quantitative estimate of drug-likeness (QED) is 0.0854. The molecule has 0 heterocycles. The fourth-order valence-corrected chi connectivity index (χ4v) is 2.39. The van der Waals surface area contributed by atoms with E-state index in [0.717, 1.165) is 6.08 Å². The molecular weight excluding hydrogens is 634 g/mol. The summed E-state index contributed by atoms with van der Waals surface area (Å²) in [5.41, 5.74) is 0. The standard InChI is InChI=1S/C19H16F18O4/c1-2-3-4-9(10(38)40-7-5-12(20,21)14(24,25)16(28,29)18(32,33)34)11(39)41-8-6-13(22,23)15(26,27)17(30,31)19(35,36)37/h3-4,9H,2,5-8H2,1H3. The minimum atomic E-state index is -7.27. The van der Waals surface area contributed by atoms with Gasteiger partial charge in [0.2, 0.25) is 0 Å². The van der Waals surface area contributed by atoms with Gasteiger partial charge in [-0.3, -0.25) is 9.59 Å². The largest absolute Gasteiger partial charge is 0.465 e. The fourth-order valence-electron chi connectivity index (χ4n) is 2.39. The number of carbonyl (C=O) groups is 2. The Morgan fingerprint density at radius 3 is 1.10 bits per heavy atom. The van der Waals surface area contributed by atoms with Gasteiger partial charge in [0.1, 0.15) is 0 Å². The summed E-state index contributed by atoms with van der Waals surface area (Å²) in [6.07, 6.45) is -18.5. The van der Waals surface area contributed by atoms with Gasteiger partial charge < -0.3 is 9.47 Å². The summed E-state index contributed by atoms with van der Waals surface area (Å²) in [5.74, 6) is -47.9. The minimum absolute atomic E-state index is 0.0926. The Bertz CT molecular complexity index is 867. The van der Waals surface area contributed by atoms with Crippen molar-refractivity contribution in [1.29, 1.82) is 0 Å². The molecule has 242 valence electrons. The number of halogens is 18. The predicted octanol–water partition coefficient (Wildman–Crippen LogP) is 7.37. The van der Waals surface area contributed by atoms with E-state index in [-0.39, 0.29) is 6.42 Å². The van der Waals surface area contributed by atoms with Crippen LogP contribution in [0.5, 0.6) is 0 Å². The monoisotopic (exact) mass is 650 g/mol. The maximum Gasteiger partial charge on any atom is 0.460 e. The maximum atomic E-state index is 13.5. The summed E-state index contributed by atoms with van der Waals surface area (Å²) in [6, 6.07) is 0. The lowest BCUT2D eigenvalue weighted by atomic mass is 10.0. The van der Waals surface area contributed by atoms with Gasteiger partial charge in [0.05, 0.1) is 26.1 Å². The second kappa shape index (κ2) is 12.3. The van der Waals surface area contributed by atoms with Crippen molar-refractivity contribution in [2.45, 2.75) is 74.1 Å². The first-order valence-electron chi connectivity index (χ1n) is 10.4. The third kappa shape index (κ3) is 7.83. The van der Waals surface area contributed by atoms with E-state index in [1.54, 1.807) is 0 Å². The lowest BCUT2D eigenvalue weighted by Crippen LogP contribution is -2.61. The number of hydrogen-bond acceptors (Lipinski definition) is 4. The van der Waals surface area contributed by atoms with Gasteiger partial charge >= 0.3 is 59.8 Å². The molecule has 0 unspecified atom stereocenters. The Morgan fingerprint density at radius 2 is 0.854 bits per heavy atom. The Hall–Kier alpha value is -2.58. The van der Waals surface area contributed by atoms with Crippen LogP contribution in [-0.2, 0) is 19.1 Å². The molecule has 0 spiro atoms. The van der Waals surface area contributed by atoms with E-state index >= 15 is 0 Å². The van der Waals surface area contributed by atoms with E-state index in [4.69, 9.17) is 0 Å². The number of ether oxygens (including phenoxy) is 2. The van der Waals surface area contributed by atoms with E-state index in [9.17, 15) is 88.6 Å². The summed E-state index contributed by atoms with van der Waals surface area (Å²) in [6.45, 7) is -2.86. The van der Waals surface area contributed by atoms with Gasteiger partial charge in [-0.1, -0.05) is 19.1 Å². The number of alkyl halides is 18. The van der Waals surface area contributed by atoms with E-state index in [0.29, 0.717) is 6.08 Å². The van der Waals surface area contributed by atoms with Crippen molar-refractivity contribution < 1.29 is 98.1 Å². The van der Waals surface area contributed by atoms with Gasteiger partial charge in [-0.25, -0.2) is 0 Å². The summed E-state index contributed by atoms with van der Waals surface area (Å²) in [4.78, 5) is 23.8. The summed E-state index contributed by atoms with van der Waals surface area (Å²) < 4.78 is 239. The van der Waals surface area contributed by atoms with Crippen LogP contribution in [0.15, 0.2) is 12.2 Å². The van der Waals surface area contributed by atoms with Crippen LogP contribution in [0.3, 0.4) is 0 Å². The van der Waals surface area contributed by atoms with Crippen LogP contribution in [-0.4, -0.2) is 73.0 Å². The molecule has 0 aliphatic carbocycles. The Balaban J connectivity index is 5.51. The van der Waals surface area contributed by atoms with E-state index in [1.807, 2.05) is 0 Å². The Labute approximate surface area is 216 Å². The van der Waals surface area contributed by atoms with Crippen LogP contribution in [0, 0.1) is 5.92 Å². The average molecular weight is 650 g/mol. The lowest BCUT2D eigenvalue weighted by molar-refractivity contribution is -0.397. The highest BCUT2D eigenvalue weighted by molar-refractivity contribution is 5.97. The zero-order valence-corrected chi connectivity index (χ0v) is 19.7. The van der Waals surface area contributed by atoms with Crippen LogP contribution < -0.4 is 0 Å². The van der Waals surface area contributed by atoms with Crippen molar-refractivity contribution >= 4 is 11.9 Å². The van der Waals surface area contributed by atoms with Crippen LogP contribution in [0.25, 0.3) is 0 Å². The molecule has 4 nitrogen and oxygen atoms in total. The van der Waals surface area contributed by atoms with Crippen LogP contribution in [0.2, 0.25) is 0 Å². The molecule has 0 atom stereocenters. The third-order valence-electron chi connectivity index (χ3n) is 4.81. The number of allylic oxidation sites excluding steroid dienone is 1. The maximum absolute atomic E-state index is 13.5. The van der Waals surface area contributed by atoms with Crippen molar-refractivity contribution in [1.82, 2.24) is 0 Å². The zero-order chi connectivity index (χ0) is 33.1. The predicted molar refractivity (Wildman–Crippen MR) is 95.9 cm³/mol. The van der Waals surface area contributed by atoms with Gasteiger partial charge in [0.25, 0.3) is 0 Å². The highest BCUT2D eigenvalue weighted by Gasteiger charge is 2.82. The first kappa shape index (κ1) is 38.4.